The predicted octanol–water partition coefficient (Wildman–Crippen LogP) is 6.67. The lowest BCUT2D eigenvalue weighted by Gasteiger charge is -2.19. The number of carbonyl (C=O) groups is 1. The summed E-state index contributed by atoms with van der Waals surface area (Å²) < 4.78 is 34.0. The number of phosphoric ester groups is 1. The normalized spacial score (nSPS) is 13.9. The van der Waals surface area contributed by atoms with Crippen molar-refractivity contribution in [2.45, 2.75) is 123 Å². The Labute approximate surface area is 220 Å². The average Bonchev–Trinajstić information content (AvgIpc) is 2.81. The molecule has 2 atom stereocenters. The van der Waals surface area contributed by atoms with Gasteiger partial charge in [-0.05, 0) is 6.42 Å². The molecule has 0 saturated carbocycles. The molecule has 9 heteroatoms. The lowest BCUT2D eigenvalue weighted by atomic mass is 10.0. The van der Waals surface area contributed by atoms with E-state index in [9.17, 15) is 14.3 Å². The molecule has 0 saturated heterocycles. The van der Waals surface area contributed by atoms with Crippen molar-refractivity contribution in [3.05, 3.63) is 0 Å². The summed E-state index contributed by atoms with van der Waals surface area (Å²) in [5.41, 5.74) is 0. The van der Waals surface area contributed by atoms with E-state index in [1.165, 1.54) is 96.8 Å². The van der Waals surface area contributed by atoms with Gasteiger partial charge in [0.1, 0.15) is 26.5 Å². The van der Waals surface area contributed by atoms with E-state index in [2.05, 4.69) is 13.6 Å². The number of likely N-dealkylation sites (N-methyl/N-ethyl adjacent to an activating group) is 1. The van der Waals surface area contributed by atoms with Crippen molar-refractivity contribution in [1.82, 2.24) is 0 Å². The second-order valence-corrected chi connectivity index (χ2v) is 11.2. The molecule has 0 aromatic carbocycles. The standard InChI is InChI=1S/C27H54NO7P/c1-5-6-7-8-9-10-11-12-13-14-15-16-17-18-19-20-22-32-24-27(35-26(2)29)25-34-36(30,31)33-23-21-28(3)4/h27H,3,5-25H2,1-2,4H3/p+1/t27-/m1/s1. The third-order valence-corrected chi connectivity index (χ3v) is 6.91. The molecule has 0 amide bonds. The molecule has 0 aliphatic rings. The van der Waals surface area contributed by atoms with Gasteiger partial charge in [0.05, 0.1) is 13.2 Å². The highest BCUT2D eigenvalue weighted by Crippen LogP contribution is 2.43. The topological polar surface area (TPSA) is 94.3 Å². The molecule has 8 nitrogen and oxygen atoms in total. The van der Waals surface area contributed by atoms with Crippen LogP contribution < -0.4 is 0 Å². The molecule has 1 N–H and O–H groups in total. The van der Waals surface area contributed by atoms with Gasteiger partial charge < -0.3 is 14.4 Å². The zero-order valence-electron chi connectivity index (χ0n) is 23.4. The van der Waals surface area contributed by atoms with Crippen molar-refractivity contribution in [1.29, 1.82) is 0 Å². The van der Waals surface area contributed by atoms with Gasteiger partial charge in [-0.15, -0.1) is 0 Å². The van der Waals surface area contributed by atoms with Gasteiger partial charge in [0, 0.05) is 13.5 Å². The van der Waals surface area contributed by atoms with E-state index in [0.717, 1.165) is 12.8 Å². The van der Waals surface area contributed by atoms with Gasteiger partial charge in [-0.1, -0.05) is 103 Å². The third-order valence-electron chi connectivity index (χ3n) is 5.93. The molecule has 36 heavy (non-hydrogen) atoms. The Morgan fingerprint density at radius 3 is 1.72 bits per heavy atom. The minimum absolute atomic E-state index is 0.00175. The summed E-state index contributed by atoms with van der Waals surface area (Å²) in [6.45, 7) is 7.95. The van der Waals surface area contributed by atoms with Crippen LogP contribution in [0.15, 0.2) is 0 Å². The van der Waals surface area contributed by atoms with Crippen LogP contribution in [0.2, 0.25) is 0 Å². The largest absolute Gasteiger partial charge is 0.472 e. The van der Waals surface area contributed by atoms with E-state index < -0.39 is 19.9 Å². The van der Waals surface area contributed by atoms with Gasteiger partial charge in [0.25, 0.3) is 0 Å². The first kappa shape index (κ1) is 35.2. The second-order valence-electron chi connectivity index (χ2n) is 9.79. The summed E-state index contributed by atoms with van der Waals surface area (Å²) in [5, 5.41) is 0. The summed E-state index contributed by atoms with van der Waals surface area (Å²) in [7, 11) is -2.50. The fraction of sp³-hybridized carbons (Fsp3) is 0.926. The fourth-order valence-corrected chi connectivity index (χ4v) is 4.59. The molecule has 0 heterocycles. The van der Waals surface area contributed by atoms with Crippen molar-refractivity contribution >= 4 is 20.5 Å². The van der Waals surface area contributed by atoms with Gasteiger partial charge in [0.15, 0.2) is 6.54 Å². The molecule has 0 radical (unpaired) electrons. The Morgan fingerprint density at radius 1 is 0.806 bits per heavy atom. The lowest BCUT2D eigenvalue weighted by molar-refractivity contribution is -0.490. The van der Waals surface area contributed by atoms with Crippen LogP contribution >= 0.6 is 7.82 Å². The molecule has 0 aromatic heterocycles. The van der Waals surface area contributed by atoms with Gasteiger partial charge in [-0.2, -0.15) is 0 Å². The van der Waals surface area contributed by atoms with E-state index in [1.54, 1.807) is 11.6 Å². The zero-order chi connectivity index (χ0) is 26.9. The summed E-state index contributed by atoms with van der Waals surface area (Å²) in [6, 6.07) is 0. The van der Waals surface area contributed by atoms with E-state index in [4.69, 9.17) is 18.5 Å². The van der Waals surface area contributed by atoms with Crippen LogP contribution in [-0.2, 0) is 27.9 Å². The number of ether oxygens (including phenoxy) is 2. The Kier molecular flexibility index (Phi) is 24.0. The van der Waals surface area contributed by atoms with Crippen LogP contribution in [0, 0.1) is 0 Å². The molecular weight excluding hydrogens is 481 g/mol. The van der Waals surface area contributed by atoms with Gasteiger partial charge >= 0.3 is 13.8 Å². The average molecular weight is 537 g/mol. The van der Waals surface area contributed by atoms with E-state index in [-0.39, 0.29) is 19.8 Å². The van der Waals surface area contributed by atoms with Crippen LogP contribution in [0.25, 0.3) is 0 Å². The van der Waals surface area contributed by atoms with E-state index >= 15 is 0 Å². The third kappa shape index (κ3) is 26.3. The fourth-order valence-electron chi connectivity index (χ4n) is 3.84. The van der Waals surface area contributed by atoms with Crippen molar-refractivity contribution in [2.24, 2.45) is 0 Å². The highest BCUT2D eigenvalue weighted by Gasteiger charge is 2.25. The van der Waals surface area contributed by atoms with Crippen molar-refractivity contribution in [2.75, 3.05) is 40.0 Å². The van der Waals surface area contributed by atoms with Crippen LogP contribution in [0.1, 0.15) is 117 Å². The quantitative estimate of drug-likeness (QED) is 0.0412. The van der Waals surface area contributed by atoms with Crippen molar-refractivity contribution < 1.29 is 37.3 Å². The molecule has 0 rings (SSSR count). The molecule has 0 aromatic rings. The van der Waals surface area contributed by atoms with Crippen LogP contribution in [0.5, 0.6) is 0 Å². The van der Waals surface area contributed by atoms with Crippen LogP contribution in [0.4, 0.5) is 0 Å². The maximum Gasteiger partial charge on any atom is 0.472 e. The number of rotatable bonds is 27. The second kappa shape index (κ2) is 24.5. The number of unbranched alkanes of at least 4 members (excludes halogenated alkanes) is 15. The number of hydrogen-bond donors (Lipinski definition) is 1. The Balaban J connectivity index is 3.66. The molecule has 214 valence electrons. The van der Waals surface area contributed by atoms with Gasteiger partial charge in [-0.3, -0.25) is 13.8 Å². The first-order chi connectivity index (χ1) is 17.3. The predicted molar refractivity (Wildman–Crippen MR) is 146 cm³/mol. The number of nitrogens with zero attached hydrogens (tertiary/aromatic N) is 1. The van der Waals surface area contributed by atoms with Gasteiger partial charge in [-0.25, -0.2) is 9.14 Å². The highest BCUT2D eigenvalue weighted by atomic mass is 31.2. The zero-order valence-corrected chi connectivity index (χ0v) is 24.3. The summed E-state index contributed by atoms with van der Waals surface area (Å²) in [4.78, 5) is 21.0. The van der Waals surface area contributed by atoms with Crippen molar-refractivity contribution in [3.8, 4) is 0 Å². The number of hydrogen-bond acceptors (Lipinski definition) is 6. The maximum absolute atomic E-state index is 11.9. The Bertz CT molecular complexity index is 588. The van der Waals surface area contributed by atoms with Gasteiger partial charge in [0.2, 0.25) is 0 Å². The monoisotopic (exact) mass is 536 g/mol. The lowest BCUT2D eigenvalue weighted by Crippen LogP contribution is -2.27. The van der Waals surface area contributed by atoms with E-state index in [1.807, 2.05) is 0 Å². The molecule has 0 spiro atoms. The highest BCUT2D eigenvalue weighted by molar-refractivity contribution is 7.47. The molecule has 0 bridgehead atoms. The molecule has 0 aliphatic heterocycles. The van der Waals surface area contributed by atoms with Crippen LogP contribution in [-0.4, -0.2) is 68.3 Å². The Morgan fingerprint density at radius 2 is 1.28 bits per heavy atom. The van der Waals surface area contributed by atoms with E-state index in [0.29, 0.717) is 13.2 Å². The molecule has 0 fully saturated rings. The van der Waals surface area contributed by atoms with Crippen molar-refractivity contribution in [3.63, 3.8) is 0 Å². The minimum atomic E-state index is -4.23. The molecular formula is C27H55NO7P+. The maximum atomic E-state index is 11.9. The summed E-state index contributed by atoms with van der Waals surface area (Å²) in [5.74, 6) is -0.498. The number of esters is 1. The number of phosphoric acid groups is 1. The first-order valence-corrected chi connectivity index (χ1v) is 15.6. The summed E-state index contributed by atoms with van der Waals surface area (Å²) >= 11 is 0. The number of carbonyl (C=O) groups excluding carboxylic acids is 1. The molecule has 0 aliphatic carbocycles. The minimum Gasteiger partial charge on any atom is -0.458 e. The SMILES string of the molecule is C=[N+](C)CCOP(=O)(O)OC[C@@H](COCCCCCCCCCCCCCCCCCC)OC(C)=O. The summed E-state index contributed by atoms with van der Waals surface area (Å²) in [6.07, 6.45) is 20.3. The smallest absolute Gasteiger partial charge is 0.458 e. The van der Waals surface area contributed by atoms with Crippen LogP contribution in [0.3, 0.4) is 0 Å². The molecule has 1 unspecified atom stereocenters. The first-order valence-electron chi connectivity index (χ1n) is 14.1. The Hall–Kier alpha value is -0.790.